The topological polar surface area (TPSA) is 69.6 Å². The highest BCUT2D eigenvalue weighted by Crippen LogP contribution is 2.16. The number of carboxylic acid groups (broad SMARTS) is 1. The van der Waals surface area contributed by atoms with Crippen LogP contribution in [0.5, 0.6) is 0 Å². The number of aliphatic carboxylic acids is 1. The Labute approximate surface area is 129 Å². The molecule has 1 heterocycles. The lowest BCUT2D eigenvalue weighted by Gasteiger charge is -2.29. The first kappa shape index (κ1) is 16.4. The fourth-order valence-electron chi connectivity index (χ4n) is 2.62. The normalized spacial score (nSPS) is 17.9. The number of halogens is 1. The maximum Gasteiger partial charge on any atom is 0.326 e. The Bertz CT molecular complexity index is 525. The Hall–Kier alpha value is -1.95. The number of amides is 1. The molecule has 120 valence electrons. The summed E-state index contributed by atoms with van der Waals surface area (Å²) in [5.74, 6) is -1.79. The molecule has 1 aromatic rings. The van der Waals surface area contributed by atoms with Gasteiger partial charge in [0, 0.05) is 12.3 Å². The van der Waals surface area contributed by atoms with Crippen LogP contribution in [0.2, 0.25) is 0 Å². The summed E-state index contributed by atoms with van der Waals surface area (Å²) in [6.07, 6.45) is 1.63. The van der Waals surface area contributed by atoms with Gasteiger partial charge in [0.25, 0.3) is 0 Å². The molecule has 2 N–H and O–H groups in total. The summed E-state index contributed by atoms with van der Waals surface area (Å²) in [7, 11) is 2.00. The first-order chi connectivity index (χ1) is 10.5. The maximum atomic E-state index is 12.9. The summed E-state index contributed by atoms with van der Waals surface area (Å²) in [5, 5.41) is 11.9. The number of likely N-dealkylation sites (tertiary alicyclic amines) is 1. The van der Waals surface area contributed by atoms with E-state index >= 15 is 0 Å². The molecule has 2 rings (SSSR count). The lowest BCUT2D eigenvalue weighted by atomic mass is 9.95. The van der Waals surface area contributed by atoms with Gasteiger partial charge < -0.3 is 15.3 Å². The van der Waals surface area contributed by atoms with E-state index in [1.165, 1.54) is 24.3 Å². The maximum absolute atomic E-state index is 12.9. The zero-order valence-corrected chi connectivity index (χ0v) is 12.6. The highest BCUT2D eigenvalue weighted by molar-refractivity contribution is 5.85. The predicted octanol–water partition coefficient (Wildman–Crippen LogP) is 1.28. The fraction of sp³-hybridized carbons (Fsp3) is 0.500. The van der Waals surface area contributed by atoms with Gasteiger partial charge in [-0.15, -0.1) is 0 Å². The van der Waals surface area contributed by atoms with Gasteiger partial charge in [0.2, 0.25) is 5.91 Å². The van der Waals surface area contributed by atoms with Crippen molar-refractivity contribution < 1.29 is 19.1 Å². The minimum atomic E-state index is -1.08. The number of piperidine rings is 1. The van der Waals surface area contributed by atoms with Crippen LogP contribution < -0.4 is 5.32 Å². The van der Waals surface area contributed by atoms with Crippen molar-refractivity contribution in [1.82, 2.24) is 10.2 Å². The SMILES string of the molecule is CN1CCC(C(=O)NC(Cc2ccc(F)cc2)C(=O)O)CC1. The molecule has 0 saturated carbocycles. The highest BCUT2D eigenvalue weighted by atomic mass is 19.1. The molecule has 0 aromatic heterocycles. The van der Waals surface area contributed by atoms with Crippen LogP contribution in [0.4, 0.5) is 4.39 Å². The number of carbonyl (C=O) groups is 2. The Balaban J connectivity index is 1.95. The number of carboxylic acids is 1. The second-order valence-electron chi connectivity index (χ2n) is 5.81. The summed E-state index contributed by atoms with van der Waals surface area (Å²) >= 11 is 0. The van der Waals surface area contributed by atoms with Gasteiger partial charge in [-0.05, 0) is 50.7 Å². The average Bonchev–Trinajstić information content (AvgIpc) is 2.49. The number of nitrogens with zero attached hydrogens (tertiary/aromatic N) is 1. The van der Waals surface area contributed by atoms with Crippen molar-refractivity contribution in [1.29, 1.82) is 0 Å². The van der Waals surface area contributed by atoms with Crippen molar-refractivity contribution in [3.8, 4) is 0 Å². The van der Waals surface area contributed by atoms with Gasteiger partial charge in [-0.3, -0.25) is 4.79 Å². The standard InChI is InChI=1S/C16H21FN2O3/c1-19-8-6-12(7-9-19)15(20)18-14(16(21)22)10-11-2-4-13(17)5-3-11/h2-5,12,14H,6-10H2,1H3,(H,18,20)(H,21,22). The van der Waals surface area contributed by atoms with Gasteiger partial charge in [-0.1, -0.05) is 12.1 Å². The summed E-state index contributed by atoms with van der Waals surface area (Å²) in [4.78, 5) is 25.7. The minimum Gasteiger partial charge on any atom is -0.480 e. The van der Waals surface area contributed by atoms with Crippen molar-refractivity contribution in [2.45, 2.75) is 25.3 Å². The van der Waals surface area contributed by atoms with E-state index in [0.29, 0.717) is 5.56 Å². The molecule has 0 bridgehead atoms. The Morgan fingerprint density at radius 1 is 1.32 bits per heavy atom. The van der Waals surface area contributed by atoms with Crippen molar-refractivity contribution >= 4 is 11.9 Å². The predicted molar refractivity (Wildman–Crippen MR) is 79.9 cm³/mol. The Kier molecular flexibility index (Phi) is 5.49. The van der Waals surface area contributed by atoms with Gasteiger partial charge in [-0.2, -0.15) is 0 Å². The molecular weight excluding hydrogens is 287 g/mol. The smallest absolute Gasteiger partial charge is 0.326 e. The molecule has 1 aliphatic rings. The molecule has 22 heavy (non-hydrogen) atoms. The Morgan fingerprint density at radius 2 is 1.91 bits per heavy atom. The quantitative estimate of drug-likeness (QED) is 0.860. The minimum absolute atomic E-state index is 0.133. The van der Waals surface area contributed by atoms with Gasteiger partial charge in [0.15, 0.2) is 0 Å². The van der Waals surface area contributed by atoms with Gasteiger partial charge in [0.1, 0.15) is 11.9 Å². The largest absolute Gasteiger partial charge is 0.480 e. The third-order valence-corrected chi connectivity index (χ3v) is 4.06. The Morgan fingerprint density at radius 3 is 2.45 bits per heavy atom. The molecular formula is C16H21FN2O3. The zero-order chi connectivity index (χ0) is 16.1. The molecule has 1 amide bonds. The monoisotopic (exact) mass is 308 g/mol. The zero-order valence-electron chi connectivity index (χ0n) is 12.6. The lowest BCUT2D eigenvalue weighted by Crippen LogP contribution is -2.47. The average molecular weight is 308 g/mol. The lowest BCUT2D eigenvalue weighted by molar-refractivity contribution is -0.142. The molecule has 0 aliphatic carbocycles. The van der Waals surface area contributed by atoms with Crippen LogP contribution >= 0.6 is 0 Å². The number of nitrogens with one attached hydrogen (secondary N) is 1. The third-order valence-electron chi connectivity index (χ3n) is 4.06. The second kappa shape index (κ2) is 7.35. The molecule has 1 aromatic carbocycles. The van der Waals surface area contributed by atoms with E-state index in [0.717, 1.165) is 25.9 Å². The van der Waals surface area contributed by atoms with E-state index < -0.39 is 12.0 Å². The van der Waals surface area contributed by atoms with E-state index in [1.54, 1.807) is 0 Å². The van der Waals surface area contributed by atoms with Crippen molar-refractivity contribution in [2.75, 3.05) is 20.1 Å². The molecule has 1 fully saturated rings. The van der Waals surface area contributed by atoms with Crippen LogP contribution in [-0.2, 0) is 16.0 Å². The summed E-state index contributed by atoms with van der Waals surface area (Å²) in [6, 6.07) is 4.65. The van der Waals surface area contributed by atoms with E-state index in [4.69, 9.17) is 0 Å². The molecule has 1 saturated heterocycles. The van der Waals surface area contributed by atoms with E-state index in [9.17, 15) is 19.1 Å². The fourth-order valence-corrected chi connectivity index (χ4v) is 2.62. The van der Waals surface area contributed by atoms with E-state index in [1.807, 2.05) is 7.05 Å². The van der Waals surface area contributed by atoms with Gasteiger partial charge >= 0.3 is 5.97 Å². The van der Waals surface area contributed by atoms with E-state index in [2.05, 4.69) is 10.2 Å². The number of benzene rings is 1. The number of hydrogen-bond acceptors (Lipinski definition) is 3. The summed E-state index contributed by atoms with van der Waals surface area (Å²) < 4.78 is 12.9. The van der Waals surface area contributed by atoms with Crippen LogP contribution in [0.25, 0.3) is 0 Å². The molecule has 0 radical (unpaired) electrons. The van der Waals surface area contributed by atoms with Crippen LogP contribution in [0, 0.1) is 11.7 Å². The van der Waals surface area contributed by atoms with Crippen LogP contribution in [-0.4, -0.2) is 48.1 Å². The molecule has 6 heteroatoms. The highest BCUT2D eigenvalue weighted by Gasteiger charge is 2.27. The molecule has 0 spiro atoms. The number of hydrogen-bond donors (Lipinski definition) is 2. The first-order valence-electron chi connectivity index (χ1n) is 7.42. The van der Waals surface area contributed by atoms with E-state index in [-0.39, 0.29) is 24.1 Å². The second-order valence-corrected chi connectivity index (χ2v) is 5.81. The summed E-state index contributed by atoms with van der Waals surface area (Å²) in [5.41, 5.74) is 0.678. The number of rotatable bonds is 5. The first-order valence-corrected chi connectivity index (χ1v) is 7.42. The third kappa shape index (κ3) is 4.53. The molecule has 1 unspecified atom stereocenters. The number of carbonyl (C=O) groups excluding carboxylic acids is 1. The van der Waals surface area contributed by atoms with Crippen LogP contribution in [0.1, 0.15) is 18.4 Å². The molecule has 1 atom stereocenters. The summed E-state index contributed by atoms with van der Waals surface area (Å²) in [6.45, 7) is 1.68. The molecule has 5 nitrogen and oxygen atoms in total. The van der Waals surface area contributed by atoms with Gasteiger partial charge in [-0.25, -0.2) is 9.18 Å². The van der Waals surface area contributed by atoms with Crippen LogP contribution in [0.3, 0.4) is 0 Å². The van der Waals surface area contributed by atoms with Crippen molar-refractivity contribution in [2.24, 2.45) is 5.92 Å². The van der Waals surface area contributed by atoms with Crippen LogP contribution in [0.15, 0.2) is 24.3 Å². The molecule has 1 aliphatic heterocycles. The van der Waals surface area contributed by atoms with Crippen molar-refractivity contribution in [3.63, 3.8) is 0 Å². The van der Waals surface area contributed by atoms with Gasteiger partial charge in [0.05, 0.1) is 0 Å². The van der Waals surface area contributed by atoms with Crippen molar-refractivity contribution in [3.05, 3.63) is 35.6 Å².